The minimum absolute atomic E-state index is 0.283. The van der Waals surface area contributed by atoms with Crippen molar-refractivity contribution in [1.82, 2.24) is 4.57 Å². The molecule has 3 rings (SSSR count). The molecule has 0 amide bonds. The summed E-state index contributed by atoms with van der Waals surface area (Å²) in [5, 5.41) is 1.06. The molecule has 0 atom stereocenters. The molecule has 0 aliphatic heterocycles. The van der Waals surface area contributed by atoms with Gasteiger partial charge in [-0.15, -0.1) is 0 Å². The molecule has 102 valence electrons. The second-order valence-electron chi connectivity index (χ2n) is 4.27. The number of oxazole rings is 1. The summed E-state index contributed by atoms with van der Waals surface area (Å²) < 4.78 is 7.78. The molecule has 1 heterocycles. The number of nitrogens with zero attached hydrogens (tertiary/aromatic N) is 1. The highest BCUT2D eigenvalue weighted by molar-refractivity contribution is 14.1. The maximum absolute atomic E-state index is 12.0. The molecule has 0 bridgehead atoms. The average Bonchev–Trinajstić information content (AvgIpc) is 2.69. The summed E-state index contributed by atoms with van der Waals surface area (Å²) in [6, 6.07) is 10.9. The van der Waals surface area contributed by atoms with Crippen LogP contribution in [-0.2, 0) is 6.54 Å². The number of halogens is 3. The Hall–Kier alpha value is -0.980. The van der Waals surface area contributed by atoms with Crippen LogP contribution in [0.25, 0.3) is 11.1 Å². The summed E-state index contributed by atoms with van der Waals surface area (Å²) in [6.07, 6.45) is 0. The van der Waals surface area contributed by atoms with E-state index in [1.54, 1.807) is 18.2 Å². The molecule has 0 N–H and O–H groups in total. The van der Waals surface area contributed by atoms with Crippen LogP contribution in [0.15, 0.2) is 45.6 Å². The van der Waals surface area contributed by atoms with Gasteiger partial charge in [-0.25, -0.2) is 4.79 Å². The first-order valence-electron chi connectivity index (χ1n) is 5.78. The molecule has 1 aromatic heterocycles. The summed E-state index contributed by atoms with van der Waals surface area (Å²) in [7, 11) is 0. The Labute approximate surface area is 138 Å². The van der Waals surface area contributed by atoms with Gasteiger partial charge in [0.05, 0.1) is 12.1 Å². The second-order valence-corrected chi connectivity index (χ2v) is 6.33. The Morgan fingerprint density at radius 2 is 1.85 bits per heavy atom. The fraction of sp³-hybridized carbons (Fsp3) is 0.0714. The minimum atomic E-state index is -0.419. The number of rotatable bonds is 2. The van der Waals surface area contributed by atoms with E-state index in [4.69, 9.17) is 27.6 Å². The van der Waals surface area contributed by atoms with E-state index >= 15 is 0 Å². The summed E-state index contributed by atoms with van der Waals surface area (Å²) in [4.78, 5) is 12.0. The van der Waals surface area contributed by atoms with Crippen LogP contribution in [0.2, 0.25) is 10.0 Å². The predicted octanol–water partition coefficient (Wildman–Crippen LogP) is 4.55. The zero-order chi connectivity index (χ0) is 14.3. The van der Waals surface area contributed by atoms with Crippen molar-refractivity contribution >= 4 is 56.9 Å². The van der Waals surface area contributed by atoms with Gasteiger partial charge in [0.2, 0.25) is 0 Å². The fourth-order valence-corrected chi connectivity index (χ4v) is 3.01. The van der Waals surface area contributed by atoms with Crippen molar-refractivity contribution in [2.75, 3.05) is 0 Å². The molecule has 3 aromatic rings. The third-order valence-corrected chi connectivity index (χ3v) is 4.39. The SMILES string of the molecule is O=c1oc2cc(I)ccc2n1Cc1c(Cl)cccc1Cl. The Morgan fingerprint density at radius 3 is 2.55 bits per heavy atom. The highest BCUT2D eigenvalue weighted by Gasteiger charge is 2.13. The summed E-state index contributed by atoms with van der Waals surface area (Å²) in [5.74, 6) is -0.419. The third kappa shape index (κ3) is 2.47. The van der Waals surface area contributed by atoms with E-state index in [1.807, 2.05) is 18.2 Å². The van der Waals surface area contributed by atoms with E-state index in [-0.39, 0.29) is 6.54 Å². The van der Waals surface area contributed by atoms with Crippen LogP contribution in [0.3, 0.4) is 0 Å². The van der Waals surface area contributed by atoms with E-state index in [1.165, 1.54) is 4.57 Å². The van der Waals surface area contributed by atoms with Crippen LogP contribution in [0.4, 0.5) is 0 Å². The highest BCUT2D eigenvalue weighted by Crippen LogP contribution is 2.26. The van der Waals surface area contributed by atoms with Crippen molar-refractivity contribution in [2.24, 2.45) is 0 Å². The molecule has 0 unspecified atom stereocenters. The standard InChI is InChI=1S/C14H8Cl2INO2/c15-10-2-1-3-11(16)9(10)7-18-12-5-4-8(17)6-13(12)20-14(18)19/h1-6H,7H2. The van der Waals surface area contributed by atoms with Crippen LogP contribution in [0.1, 0.15) is 5.56 Å². The zero-order valence-electron chi connectivity index (χ0n) is 10.1. The van der Waals surface area contributed by atoms with Crippen molar-refractivity contribution < 1.29 is 4.42 Å². The van der Waals surface area contributed by atoms with Gasteiger partial charge in [0.1, 0.15) is 0 Å². The van der Waals surface area contributed by atoms with Gasteiger partial charge in [0, 0.05) is 19.2 Å². The molecule has 0 aliphatic rings. The van der Waals surface area contributed by atoms with E-state index < -0.39 is 5.76 Å². The van der Waals surface area contributed by atoms with Gasteiger partial charge in [0.15, 0.2) is 5.58 Å². The Kier molecular flexibility index (Phi) is 3.79. The molecule has 20 heavy (non-hydrogen) atoms. The smallest absolute Gasteiger partial charge is 0.408 e. The fourth-order valence-electron chi connectivity index (χ4n) is 2.03. The van der Waals surface area contributed by atoms with Crippen molar-refractivity contribution in [1.29, 1.82) is 0 Å². The monoisotopic (exact) mass is 419 g/mol. The van der Waals surface area contributed by atoms with Crippen LogP contribution in [0, 0.1) is 3.57 Å². The van der Waals surface area contributed by atoms with Crippen LogP contribution >= 0.6 is 45.8 Å². The van der Waals surface area contributed by atoms with Gasteiger partial charge >= 0.3 is 5.76 Å². The van der Waals surface area contributed by atoms with E-state index in [2.05, 4.69) is 22.6 Å². The molecule has 0 aliphatic carbocycles. The van der Waals surface area contributed by atoms with Gasteiger partial charge in [0.25, 0.3) is 0 Å². The number of fused-ring (bicyclic) bond motifs is 1. The maximum atomic E-state index is 12.0. The molecule has 2 aromatic carbocycles. The zero-order valence-corrected chi connectivity index (χ0v) is 13.7. The summed E-state index contributed by atoms with van der Waals surface area (Å²) >= 11 is 14.5. The second kappa shape index (κ2) is 5.42. The third-order valence-electron chi connectivity index (χ3n) is 3.01. The summed E-state index contributed by atoms with van der Waals surface area (Å²) in [6.45, 7) is 0.283. The molecule has 0 fully saturated rings. The molecule has 3 nitrogen and oxygen atoms in total. The Balaban J connectivity index is 2.16. The molecule has 0 spiro atoms. The highest BCUT2D eigenvalue weighted by atomic mass is 127. The van der Waals surface area contributed by atoms with Crippen molar-refractivity contribution in [3.8, 4) is 0 Å². The van der Waals surface area contributed by atoms with Crippen LogP contribution < -0.4 is 5.76 Å². The number of hydrogen-bond acceptors (Lipinski definition) is 2. The lowest BCUT2D eigenvalue weighted by atomic mass is 10.2. The van der Waals surface area contributed by atoms with Gasteiger partial charge in [-0.2, -0.15) is 0 Å². The van der Waals surface area contributed by atoms with E-state index in [0.29, 0.717) is 21.2 Å². The van der Waals surface area contributed by atoms with Gasteiger partial charge in [-0.05, 0) is 52.9 Å². The molecule has 0 saturated carbocycles. The minimum Gasteiger partial charge on any atom is -0.408 e. The number of hydrogen-bond donors (Lipinski definition) is 0. The van der Waals surface area contributed by atoms with E-state index in [0.717, 1.165) is 9.09 Å². The van der Waals surface area contributed by atoms with Crippen molar-refractivity contribution in [3.05, 3.63) is 66.1 Å². The lowest BCUT2D eigenvalue weighted by molar-refractivity contribution is 0.517. The molecular weight excluding hydrogens is 412 g/mol. The normalized spacial score (nSPS) is 11.2. The molecule has 0 saturated heterocycles. The van der Waals surface area contributed by atoms with Gasteiger partial charge < -0.3 is 4.42 Å². The average molecular weight is 420 g/mol. The number of aromatic nitrogens is 1. The molecular formula is C14H8Cl2INO2. The quantitative estimate of drug-likeness (QED) is 0.571. The molecule has 0 radical (unpaired) electrons. The lowest BCUT2D eigenvalue weighted by Crippen LogP contribution is -2.15. The molecule has 6 heteroatoms. The van der Waals surface area contributed by atoms with Crippen molar-refractivity contribution in [3.63, 3.8) is 0 Å². The Morgan fingerprint density at radius 1 is 1.15 bits per heavy atom. The van der Waals surface area contributed by atoms with Crippen LogP contribution in [0.5, 0.6) is 0 Å². The first-order valence-corrected chi connectivity index (χ1v) is 7.61. The first-order chi connectivity index (χ1) is 9.56. The number of benzene rings is 2. The largest absolute Gasteiger partial charge is 0.420 e. The van der Waals surface area contributed by atoms with Crippen LogP contribution in [-0.4, -0.2) is 4.57 Å². The van der Waals surface area contributed by atoms with Crippen molar-refractivity contribution in [2.45, 2.75) is 6.54 Å². The Bertz CT molecular complexity index is 834. The van der Waals surface area contributed by atoms with Gasteiger partial charge in [-0.3, -0.25) is 4.57 Å². The topological polar surface area (TPSA) is 35.1 Å². The first kappa shape index (κ1) is 14.0. The summed E-state index contributed by atoms with van der Waals surface area (Å²) in [5.41, 5.74) is 2.00. The maximum Gasteiger partial charge on any atom is 0.420 e. The van der Waals surface area contributed by atoms with E-state index in [9.17, 15) is 4.79 Å². The predicted molar refractivity (Wildman–Crippen MR) is 88.8 cm³/mol. The van der Waals surface area contributed by atoms with Gasteiger partial charge in [-0.1, -0.05) is 29.3 Å². The lowest BCUT2D eigenvalue weighted by Gasteiger charge is -2.07.